The fourth-order valence-electron chi connectivity index (χ4n) is 2.84. The van der Waals surface area contributed by atoms with Crippen molar-refractivity contribution in [1.82, 2.24) is 4.90 Å². The van der Waals surface area contributed by atoms with Gasteiger partial charge in [-0.1, -0.05) is 12.0 Å². The Hall–Kier alpha value is -2.84. The zero-order valence-electron chi connectivity index (χ0n) is 14.4. The van der Waals surface area contributed by atoms with Gasteiger partial charge in [-0.3, -0.25) is 15.1 Å². The largest absolute Gasteiger partial charge is 0.370 e. The number of carbonyl (C=O) groups excluding carboxylic acids is 1. The number of nitrogens with zero attached hydrogens (tertiary/aromatic N) is 1. The topological polar surface area (TPSA) is 70.2 Å². The van der Waals surface area contributed by atoms with Gasteiger partial charge in [-0.2, -0.15) is 0 Å². The van der Waals surface area contributed by atoms with Gasteiger partial charge in [0.25, 0.3) is 0 Å². The van der Waals surface area contributed by atoms with Crippen molar-refractivity contribution in [3.8, 4) is 11.8 Å². The molecule has 0 unspecified atom stereocenters. The van der Waals surface area contributed by atoms with E-state index in [1.165, 1.54) is 21.3 Å². The third kappa shape index (κ3) is 3.09. The maximum absolute atomic E-state index is 12.5. The Balaban J connectivity index is 2.10. The van der Waals surface area contributed by atoms with Crippen LogP contribution in [0.4, 0.5) is 0 Å². The van der Waals surface area contributed by atoms with Crippen LogP contribution >= 0.6 is 11.3 Å². The van der Waals surface area contributed by atoms with Gasteiger partial charge in [-0.15, -0.1) is 17.3 Å². The zero-order valence-corrected chi connectivity index (χ0v) is 15.2. The number of benzene rings is 2. The highest BCUT2D eigenvalue weighted by molar-refractivity contribution is 7.25. The van der Waals surface area contributed by atoms with Crippen molar-refractivity contribution in [1.29, 1.82) is 5.41 Å². The van der Waals surface area contributed by atoms with Crippen LogP contribution in [0.1, 0.15) is 30.9 Å². The van der Waals surface area contributed by atoms with Crippen molar-refractivity contribution in [2.45, 2.75) is 19.8 Å². The van der Waals surface area contributed by atoms with Crippen molar-refractivity contribution >= 4 is 43.4 Å². The molecule has 5 heteroatoms. The summed E-state index contributed by atoms with van der Waals surface area (Å²) < 4.78 is 2.38. The summed E-state index contributed by atoms with van der Waals surface area (Å²) in [6.45, 7) is 3.67. The van der Waals surface area contributed by atoms with Gasteiger partial charge in [-0.25, -0.2) is 0 Å². The Bertz CT molecular complexity index is 1060. The summed E-state index contributed by atoms with van der Waals surface area (Å²) >= 11 is 1.73. The molecule has 25 heavy (non-hydrogen) atoms. The molecule has 0 saturated heterocycles. The highest BCUT2D eigenvalue weighted by Gasteiger charge is 2.21. The first-order valence-electron chi connectivity index (χ1n) is 7.93. The lowest BCUT2D eigenvalue weighted by Crippen LogP contribution is -2.40. The normalized spacial score (nSPS) is 11.8. The minimum absolute atomic E-state index is 0.191. The molecule has 0 fully saturated rings. The number of guanidine groups is 1. The number of likely N-dealkylation sites (N-methyl/N-ethyl adjacent to an activating group) is 1. The minimum atomic E-state index is -0.369. The van der Waals surface area contributed by atoms with Crippen LogP contribution in [-0.2, 0) is 4.79 Å². The Labute approximate surface area is 150 Å². The monoisotopic (exact) mass is 349 g/mol. The summed E-state index contributed by atoms with van der Waals surface area (Å²) in [5, 5.41) is 9.72. The second-order valence-corrected chi connectivity index (χ2v) is 7.03. The molecule has 0 aliphatic rings. The van der Waals surface area contributed by atoms with Gasteiger partial charge in [0.1, 0.15) is 0 Å². The van der Waals surface area contributed by atoms with Crippen molar-refractivity contribution in [3.63, 3.8) is 0 Å². The number of nitrogens with two attached hydrogens (primary N) is 1. The maximum atomic E-state index is 12.5. The molecule has 0 aliphatic heterocycles. The predicted octanol–water partition coefficient (Wildman–Crippen LogP) is 3.88. The van der Waals surface area contributed by atoms with Gasteiger partial charge in [0.15, 0.2) is 5.96 Å². The highest BCUT2D eigenvalue weighted by atomic mass is 32.1. The first-order valence-corrected chi connectivity index (χ1v) is 8.74. The van der Waals surface area contributed by atoms with E-state index in [2.05, 4.69) is 36.1 Å². The van der Waals surface area contributed by atoms with E-state index in [1.54, 1.807) is 11.3 Å². The van der Waals surface area contributed by atoms with E-state index in [0.29, 0.717) is 0 Å². The predicted molar refractivity (Wildman–Crippen MR) is 105 cm³/mol. The lowest BCUT2D eigenvalue weighted by molar-refractivity contribution is -0.127. The lowest BCUT2D eigenvalue weighted by Gasteiger charge is -2.19. The summed E-state index contributed by atoms with van der Waals surface area (Å²) in [5.41, 5.74) is 7.32. The fraction of sp³-hybridized carbons (Fsp3) is 0.200. The number of rotatable bonds is 2. The molecular formula is C20H19N3OS. The van der Waals surface area contributed by atoms with E-state index in [0.717, 1.165) is 21.9 Å². The van der Waals surface area contributed by atoms with E-state index < -0.39 is 0 Å². The number of carbonyl (C=O) groups is 1. The molecule has 1 atom stereocenters. The standard InChI is InChI=1S/C20H19N3OS/c1-4-5-13-6-8-17-15(10-13)16-11-14(7-9-18(16)25-17)12(2)19(24)23(3)20(21)22/h6-12H,1-3H3,(H3,21,22)/t12-/m0/s1. The Morgan fingerprint density at radius 3 is 2.48 bits per heavy atom. The van der Waals surface area contributed by atoms with Gasteiger partial charge in [0, 0.05) is 32.8 Å². The molecule has 1 heterocycles. The molecule has 0 radical (unpaired) electrons. The third-order valence-corrected chi connectivity index (χ3v) is 5.48. The lowest BCUT2D eigenvalue weighted by atomic mass is 9.97. The molecule has 0 saturated carbocycles. The molecule has 3 aromatic rings. The van der Waals surface area contributed by atoms with Crippen molar-refractivity contribution in [2.75, 3.05) is 7.05 Å². The first kappa shape index (κ1) is 17.0. The Kier molecular flexibility index (Phi) is 4.47. The highest BCUT2D eigenvalue weighted by Crippen LogP contribution is 2.36. The van der Waals surface area contributed by atoms with Crippen LogP contribution in [0.5, 0.6) is 0 Å². The summed E-state index contributed by atoms with van der Waals surface area (Å²) in [6.07, 6.45) is 0. The van der Waals surface area contributed by atoms with Crippen LogP contribution in [0.15, 0.2) is 36.4 Å². The smallest absolute Gasteiger partial charge is 0.236 e. The second-order valence-electron chi connectivity index (χ2n) is 5.95. The number of nitrogens with one attached hydrogen (secondary N) is 1. The van der Waals surface area contributed by atoms with E-state index >= 15 is 0 Å². The van der Waals surface area contributed by atoms with Gasteiger partial charge in [0.2, 0.25) is 5.91 Å². The molecule has 3 rings (SSSR count). The average Bonchev–Trinajstić information content (AvgIpc) is 2.97. The van der Waals surface area contributed by atoms with Crippen LogP contribution < -0.4 is 5.73 Å². The Morgan fingerprint density at radius 2 is 1.84 bits per heavy atom. The van der Waals surface area contributed by atoms with Crippen LogP contribution in [0.3, 0.4) is 0 Å². The summed E-state index contributed by atoms with van der Waals surface area (Å²) in [5.74, 6) is 5.21. The molecule has 0 spiro atoms. The minimum Gasteiger partial charge on any atom is -0.370 e. The maximum Gasteiger partial charge on any atom is 0.236 e. The zero-order chi connectivity index (χ0) is 18.1. The molecule has 2 aromatic carbocycles. The number of fused-ring (bicyclic) bond motifs is 3. The number of amides is 1. The second kappa shape index (κ2) is 6.58. The third-order valence-electron chi connectivity index (χ3n) is 4.32. The molecule has 0 bridgehead atoms. The van der Waals surface area contributed by atoms with Crippen molar-refractivity contribution in [2.24, 2.45) is 5.73 Å². The molecule has 0 aliphatic carbocycles. The molecule has 4 nitrogen and oxygen atoms in total. The van der Waals surface area contributed by atoms with Crippen LogP contribution in [0.25, 0.3) is 20.2 Å². The average molecular weight is 349 g/mol. The van der Waals surface area contributed by atoms with E-state index in [1.807, 2.05) is 26.0 Å². The van der Waals surface area contributed by atoms with Crippen LogP contribution in [0, 0.1) is 17.3 Å². The van der Waals surface area contributed by atoms with Gasteiger partial charge >= 0.3 is 0 Å². The molecule has 1 aromatic heterocycles. The van der Waals surface area contributed by atoms with Crippen LogP contribution in [-0.4, -0.2) is 23.8 Å². The summed E-state index contributed by atoms with van der Waals surface area (Å²) in [4.78, 5) is 13.6. The van der Waals surface area contributed by atoms with E-state index in [-0.39, 0.29) is 17.8 Å². The van der Waals surface area contributed by atoms with Crippen molar-refractivity contribution < 1.29 is 4.79 Å². The van der Waals surface area contributed by atoms with Gasteiger partial charge < -0.3 is 5.73 Å². The van der Waals surface area contributed by atoms with Crippen LogP contribution in [0.2, 0.25) is 0 Å². The summed E-state index contributed by atoms with van der Waals surface area (Å²) in [6, 6.07) is 12.3. The first-order chi connectivity index (χ1) is 11.9. The van der Waals surface area contributed by atoms with Gasteiger partial charge in [-0.05, 0) is 49.7 Å². The SMILES string of the molecule is CC#Cc1ccc2sc3ccc([C@H](C)C(=O)N(C)C(=N)N)cc3c2c1. The Morgan fingerprint density at radius 1 is 1.20 bits per heavy atom. The molecular weight excluding hydrogens is 330 g/mol. The summed E-state index contributed by atoms with van der Waals surface area (Å²) in [7, 11) is 1.52. The van der Waals surface area contributed by atoms with Crippen molar-refractivity contribution in [3.05, 3.63) is 47.5 Å². The van der Waals surface area contributed by atoms with Gasteiger partial charge in [0.05, 0.1) is 5.92 Å². The molecule has 126 valence electrons. The van der Waals surface area contributed by atoms with E-state index in [4.69, 9.17) is 11.1 Å². The number of hydrogen-bond acceptors (Lipinski definition) is 3. The quantitative estimate of drug-likeness (QED) is 0.419. The fourth-order valence-corrected chi connectivity index (χ4v) is 3.90. The number of thiophene rings is 1. The molecule has 3 N–H and O–H groups in total. The van der Waals surface area contributed by atoms with E-state index in [9.17, 15) is 4.79 Å². The molecule has 1 amide bonds. The number of hydrogen-bond donors (Lipinski definition) is 2.